The van der Waals surface area contributed by atoms with Gasteiger partial charge in [-0.1, -0.05) is 22.6 Å². The zero-order valence-electron chi connectivity index (χ0n) is 11.8. The molecule has 0 fully saturated rings. The van der Waals surface area contributed by atoms with Crippen LogP contribution < -0.4 is 0 Å². The zero-order valence-corrected chi connectivity index (χ0v) is 13.9. The quantitative estimate of drug-likeness (QED) is 0.208. The van der Waals surface area contributed by atoms with E-state index in [9.17, 15) is 57.1 Å². The molecular formula is C11H10F13I. The van der Waals surface area contributed by atoms with Crippen molar-refractivity contribution in [3.63, 3.8) is 0 Å². The minimum atomic E-state index is -6.77. The van der Waals surface area contributed by atoms with Gasteiger partial charge >= 0.3 is 24.7 Å². The van der Waals surface area contributed by atoms with Crippen molar-refractivity contribution in [2.45, 2.75) is 49.6 Å². The number of hydrogen-bond acceptors (Lipinski definition) is 0. The lowest BCUT2D eigenvalue weighted by Crippen LogP contribution is -2.55. The van der Waals surface area contributed by atoms with Gasteiger partial charge in [-0.25, -0.2) is 4.39 Å². The maximum Gasteiger partial charge on any atom is 0.431 e. The summed E-state index contributed by atoms with van der Waals surface area (Å²) >= 11 is 1.35. The molecule has 0 aliphatic rings. The van der Waals surface area contributed by atoms with Crippen LogP contribution in [-0.2, 0) is 0 Å². The highest BCUT2D eigenvalue weighted by Gasteiger charge is 2.74. The maximum absolute atomic E-state index is 13.5. The van der Waals surface area contributed by atoms with Crippen LogP contribution in [0.25, 0.3) is 0 Å². The Hall–Kier alpha value is -0.180. The summed E-state index contributed by atoms with van der Waals surface area (Å²) in [5, 5.41) is 0. The van der Waals surface area contributed by atoms with Gasteiger partial charge in [0.25, 0.3) is 5.67 Å². The first-order valence-electron chi connectivity index (χ1n) is 6.29. The third-order valence-electron chi connectivity index (χ3n) is 3.38. The fourth-order valence-electron chi connectivity index (χ4n) is 1.95. The second-order valence-corrected chi connectivity index (χ2v) is 6.27. The molecule has 152 valence electrons. The van der Waals surface area contributed by atoms with E-state index >= 15 is 0 Å². The number of halogens is 14. The minimum absolute atomic E-state index is 0.355. The predicted molar refractivity (Wildman–Crippen MR) is 67.8 cm³/mol. The Labute approximate surface area is 146 Å². The van der Waals surface area contributed by atoms with Gasteiger partial charge in [-0.05, 0) is 12.8 Å². The van der Waals surface area contributed by atoms with Crippen molar-refractivity contribution in [2.75, 3.05) is 4.43 Å². The van der Waals surface area contributed by atoms with E-state index in [1.165, 1.54) is 22.6 Å². The van der Waals surface area contributed by atoms with E-state index in [1.54, 1.807) is 0 Å². The molecule has 0 saturated carbocycles. The summed E-state index contributed by atoms with van der Waals surface area (Å²) in [5.74, 6) is -6.60. The highest BCUT2D eigenvalue weighted by atomic mass is 127. The summed E-state index contributed by atoms with van der Waals surface area (Å²) < 4.78 is 164. The fourth-order valence-corrected chi connectivity index (χ4v) is 2.71. The molecule has 0 aliphatic carbocycles. The Morgan fingerprint density at radius 3 is 1.20 bits per heavy atom. The number of alkyl halides is 14. The molecule has 0 aromatic carbocycles. The molecule has 0 rings (SSSR count). The molecule has 25 heavy (non-hydrogen) atoms. The monoisotopic (exact) mass is 516 g/mol. The van der Waals surface area contributed by atoms with Crippen LogP contribution >= 0.6 is 22.6 Å². The fraction of sp³-hybridized carbons (Fsp3) is 1.00. The van der Waals surface area contributed by atoms with Gasteiger partial charge in [0.2, 0.25) is 0 Å². The van der Waals surface area contributed by atoms with Crippen molar-refractivity contribution in [1.82, 2.24) is 0 Å². The van der Waals surface area contributed by atoms with Gasteiger partial charge in [0.15, 0.2) is 0 Å². The lowest BCUT2D eigenvalue weighted by atomic mass is 9.83. The van der Waals surface area contributed by atoms with Gasteiger partial charge in [0.1, 0.15) is 0 Å². The van der Waals surface area contributed by atoms with Crippen molar-refractivity contribution in [3.05, 3.63) is 0 Å². The molecule has 2 unspecified atom stereocenters. The van der Waals surface area contributed by atoms with Gasteiger partial charge < -0.3 is 0 Å². The highest BCUT2D eigenvalue weighted by molar-refractivity contribution is 14.1. The predicted octanol–water partition coefficient (Wildman–Crippen LogP) is 6.78. The molecule has 0 aromatic heterocycles. The minimum Gasteiger partial charge on any atom is -0.224 e. The van der Waals surface area contributed by atoms with E-state index in [0.29, 0.717) is 0 Å². The van der Waals surface area contributed by atoms with Crippen LogP contribution in [0.3, 0.4) is 0 Å². The smallest absolute Gasteiger partial charge is 0.224 e. The highest BCUT2D eigenvalue weighted by Crippen LogP contribution is 2.53. The Morgan fingerprint density at radius 2 is 0.960 bits per heavy atom. The summed E-state index contributed by atoms with van der Waals surface area (Å²) in [6, 6.07) is 0. The first kappa shape index (κ1) is 24.8. The molecule has 0 radical (unpaired) electrons. The Morgan fingerprint density at radius 1 is 0.600 bits per heavy atom. The molecule has 0 aliphatic heterocycles. The zero-order chi connectivity index (χ0) is 20.5. The molecule has 0 amide bonds. The van der Waals surface area contributed by atoms with Crippen molar-refractivity contribution in [2.24, 2.45) is 11.8 Å². The normalized spacial score (nSPS) is 17.5. The molecule has 0 spiro atoms. The topological polar surface area (TPSA) is 0 Å². The first-order chi connectivity index (χ1) is 10.8. The summed E-state index contributed by atoms with van der Waals surface area (Å²) in [6.07, 6.45) is -31.0. The standard InChI is InChI=1S/C11H10F13I/c12-7(10(19,20)21,11(22,23)24)4-6(9(16,17)18)3-5(1-2-25)8(13,14)15/h5-6H,1-4H2. The molecule has 0 heterocycles. The van der Waals surface area contributed by atoms with Crippen LogP contribution in [0.5, 0.6) is 0 Å². The van der Waals surface area contributed by atoms with Crippen molar-refractivity contribution < 1.29 is 57.1 Å². The van der Waals surface area contributed by atoms with Crippen LogP contribution in [0, 0.1) is 11.8 Å². The lowest BCUT2D eigenvalue weighted by molar-refractivity contribution is -0.353. The van der Waals surface area contributed by atoms with Gasteiger partial charge in [-0.2, -0.15) is 52.7 Å². The largest absolute Gasteiger partial charge is 0.431 e. The molecule has 0 nitrogen and oxygen atoms in total. The maximum atomic E-state index is 13.5. The molecule has 14 heteroatoms. The van der Waals surface area contributed by atoms with E-state index in [1.807, 2.05) is 0 Å². The van der Waals surface area contributed by atoms with Crippen LogP contribution in [-0.4, -0.2) is 34.8 Å². The van der Waals surface area contributed by atoms with E-state index in [4.69, 9.17) is 0 Å². The Balaban J connectivity index is 5.84. The van der Waals surface area contributed by atoms with Crippen molar-refractivity contribution in [3.8, 4) is 0 Å². The van der Waals surface area contributed by atoms with E-state index in [2.05, 4.69) is 0 Å². The van der Waals surface area contributed by atoms with Crippen LogP contribution in [0.4, 0.5) is 57.1 Å². The van der Waals surface area contributed by atoms with Gasteiger partial charge in [0, 0.05) is 10.8 Å². The molecule has 0 saturated heterocycles. The molecule has 2 atom stereocenters. The van der Waals surface area contributed by atoms with E-state index in [-0.39, 0.29) is 4.43 Å². The summed E-state index contributed by atoms with van der Waals surface area (Å²) in [4.78, 5) is 0. The number of hydrogen-bond donors (Lipinski definition) is 0. The van der Waals surface area contributed by atoms with Crippen LogP contribution in [0.2, 0.25) is 0 Å². The van der Waals surface area contributed by atoms with Gasteiger partial charge in [-0.3, -0.25) is 0 Å². The molecule has 0 aromatic rings. The Kier molecular flexibility index (Phi) is 7.77. The van der Waals surface area contributed by atoms with Crippen LogP contribution in [0.15, 0.2) is 0 Å². The molecule has 0 bridgehead atoms. The van der Waals surface area contributed by atoms with E-state index in [0.717, 1.165) is 0 Å². The number of rotatable bonds is 6. The van der Waals surface area contributed by atoms with Gasteiger partial charge in [-0.15, -0.1) is 0 Å². The third-order valence-corrected chi connectivity index (χ3v) is 4.00. The average Bonchev–Trinajstić information content (AvgIpc) is 2.31. The summed E-state index contributed by atoms with van der Waals surface area (Å²) in [5.41, 5.74) is -6.28. The first-order valence-corrected chi connectivity index (χ1v) is 7.81. The van der Waals surface area contributed by atoms with Crippen molar-refractivity contribution >= 4 is 22.6 Å². The molecule has 0 N–H and O–H groups in total. The summed E-state index contributed by atoms with van der Waals surface area (Å²) in [6.45, 7) is 0. The second-order valence-electron chi connectivity index (χ2n) is 5.19. The second kappa shape index (κ2) is 7.82. The summed E-state index contributed by atoms with van der Waals surface area (Å²) in [7, 11) is 0. The Bertz CT molecular complexity index is 402. The van der Waals surface area contributed by atoms with Crippen molar-refractivity contribution in [1.29, 1.82) is 0 Å². The average molecular weight is 516 g/mol. The lowest BCUT2D eigenvalue weighted by Gasteiger charge is -2.35. The SMILES string of the molecule is FC(F)(F)C(CCI)CC(CC(F)(C(F)(F)F)C(F)(F)F)C(F)(F)F. The van der Waals surface area contributed by atoms with Crippen LogP contribution in [0.1, 0.15) is 19.3 Å². The van der Waals surface area contributed by atoms with E-state index < -0.39 is 61.5 Å². The molecular weight excluding hydrogens is 506 g/mol. The third kappa shape index (κ3) is 6.48. The van der Waals surface area contributed by atoms with Gasteiger partial charge in [0.05, 0.1) is 11.8 Å².